The molecule has 2 heteroatoms. The monoisotopic (exact) mass is 247 g/mol. The van der Waals surface area contributed by atoms with Crippen molar-refractivity contribution in [2.24, 2.45) is 27.6 Å². The molecule has 0 aromatic carbocycles. The van der Waals surface area contributed by atoms with Crippen LogP contribution in [0.1, 0.15) is 60.8 Å². The van der Waals surface area contributed by atoms with Crippen molar-refractivity contribution >= 4 is 5.78 Å². The number of hydrogen-bond acceptors (Lipinski definition) is 2. The van der Waals surface area contributed by atoms with Crippen LogP contribution in [0, 0.1) is 38.9 Å². The van der Waals surface area contributed by atoms with Gasteiger partial charge in [0.15, 0.2) is 0 Å². The van der Waals surface area contributed by atoms with E-state index in [-0.39, 0.29) is 10.8 Å². The highest BCUT2D eigenvalue weighted by Crippen LogP contribution is 2.72. The summed E-state index contributed by atoms with van der Waals surface area (Å²) in [5.74, 6) is 0.708. The van der Waals surface area contributed by atoms with E-state index in [0.717, 1.165) is 12.8 Å². The molecule has 2 nitrogen and oxygen atoms in total. The van der Waals surface area contributed by atoms with Gasteiger partial charge in [0.25, 0.3) is 0 Å². The van der Waals surface area contributed by atoms with Crippen LogP contribution in [-0.4, -0.2) is 5.78 Å². The van der Waals surface area contributed by atoms with Crippen LogP contribution in [0.2, 0.25) is 0 Å². The molecule has 100 valence electrons. The fraction of sp³-hybridized carbons (Fsp3) is 0.875. The number of rotatable bonds is 0. The Kier molecular flexibility index (Phi) is 2.55. The fourth-order valence-electron chi connectivity index (χ4n) is 4.52. The van der Waals surface area contributed by atoms with Crippen LogP contribution in [0.3, 0.4) is 0 Å². The Morgan fingerprint density at radius 1 is 1.22 bits per heavy atom. The minimum absolute atomic E-state index is 0.112. The molecule has 0 unspecified atom stereocenters. The third-order valence-electron chi connectivity index (χ3n) is 5.74. The van der Waals surface area contributed by atoms with E-state index in [2.05, 4.69) is 40.7 Å². The summed E-state index contributed by atoms with van der Waals surface area (Å²) >= 11 is 0. The molecule has 0 aromatic rings. The van der Waals surface area contributed by atoms with Crippen LogP contribution in [0.25, 0.3) is 0 Å². The van der Waals surface area contributed by atoms with Gasteiger partial charge in [0.1, 0.15) is 5.78 Å². The Balaban J connectivity index is 2.45. The standard InChI is InChI=1S/C16H25NO/c1-13(2,3)16(10-17)8-11-7-14(4,5)9-12(18)15(11,16)6/h11H,7-9H2,1-6H3/t11-,15+,16-/m0/s1. The molecule has 18 heavy (non-hydrogen) atoms. The second kappa shape index (κ2) is 3.38. The molecule has 0 heterocycles. The molecule has 2 saturated carbocycles. The summed E-state index contributed by atoms with van der Waals surface area (Å²) in [5, 5.41) is 9.72. The maximum Gasteiger partial charge on any atom is 0.141 e. The van der Waals surface area contributed by atoms with Crippen molar-refractivity contribution in [3.05, 3.63) is 0 Å². The van der Waals surface area contributed by atoms with Gasteiger partial charge in [0, 0.05) is 11.8 Å². The van der Waals surface area contributed by atoms with Crippen molar-refractivity contribution in [1.82, 2.24) is 0 Å². The first-order valence-electron chi connectivity index (χ1n) is 6.95. The molecule has 0 aliphatic heterocycles. The van der Waals surface area contributed by atoms with E-state index in [1.54, 1.807) is 0 Å². The number of Topliss-reactive ketones (excluding diaryl/α,β-unsaturated/α-hetero) is 1. The molecule has 0 bridgehead atoms. The predicted molar refractivity (Wildman–Crippen MR) is 71.7 cm³/mol. The number of carbonyl (C=O) groups excluding carboxylic acids is 1. The van der Waals surface area contributed by atoms with Crippen molar-refractivity contribution in [3.63, 3.8) is 0 Å². The van der Waals surface area contributed by atoms with Gasteiger partial charge in [0.05, 0.1) is 11.5 Å². The zero-order valence-electron chi connectivity index (χ0n) is 12.6. The van der Waals surface area contributed by atoms with Gasteiger partial charge in [0.2, 0.25) is 0 Å². The van der Waals surface area contributed by atoms with Gasteiger partial charge < -0.3 is 0 Å². The van der Waals surface area contributed by atoms with Crippen LogP contribution in [0.5, 0.6) is 0 Å². The largest absolute Gasteiger partial charge is 0.299 e. The molecule has 2 aliphatic rings. The average Bonchev–Trinajstić information content (AvgIpc) is 2.17. The number of fused-ring (bicyclic) bond motifs is 1. The van der Waals surface area contributed by atoms with Crippen molar-refractivity contribution in [3.8, 4) is 6.07 Å². The van der Waals surface area contributed by atoms with E-state index in [1.165, 1.54) is 0 Å². The van der Waals surface area contributed by atoms with Crippen LogP contribution in [0.4, 0.5) is 0 Å². The van der Waals surface area contributed by atoms with E-state index >= 15 is 0 Å². The molecule has 0 saturated heterocycles. The van der Waals surface area contributed by atoms with Crippen LogP contribution >= 0.6 is 0 Å². The van der Waals surface area contributed by atoms with Crippen molar-refractivity contribution in [2.75, 3.05) is 0 Å². The average molecular weight is 247 g/mol. The smallest absolute Gasteiger partial charge is 0.141 e. The van der Waals surface area contributed by atoms with Crippen LogP contribution in [0.15, 0.2) is 0 Å². The summed E-state index contributed by atoms with van der Waals surface area (Å²) in [5.41, 5.74) is -0.918. The highest BCUT2D eigenvalue weighted by molar-refractivity contribution is 5.89. The summed E-state index contributed by atoms with van der Waals surface area (Å²) in [6.07, 6.45) is 2.59. The van der Waals surface area contributed by atoms with Gasteiger partial charge in [-0.15, -0.1) is 0 Å². The highest BCUT2D eigenvalue weighted by atomic mass is 16.1. The molecule has 0 N–H and O–H groups in total. The Hall–Kier alpha value is -0.840. The summed E-state index contributed by atoms with van der Waals surface area (Å²) in [6, 6.07) is 2.53. The molecular formula is C16H25NO. The Morgan fingerprint density at radius 3 is 2.17 bits per heavy atom. The highest BCUT2D eigenvalue weighted by Gasteiger charge is 2.72. The molecule has 0 radical (unpaired) electrons. The molecule has 0 amide bonds. The minimum Gasteiger partial charge on any atom is -0.299 e. The van der Waals surface area contributed by atoms with Gasteiger partial charge in [-0.25, -0.2) is 0 Å². The summed E-state index contributed by atoms with van der Waals surface area (Å²) in [4.78, 5) is 12.7. The fourth-order valence-corrected chi connectivity index (χ4v) is 4.52. The SMILES string of the molecule is CC1(C)CC(=O)[C@@]2(C)[C@@H](C1)C[C@]2(C#N)C(C)(C)C. The van der Waals surface area contributed by atoms with Gasteiger partial charge in [-0.1, -0.05) is 41.5 Å². The van der Waals surface area contributed by atoms with E-state index in [1.807, 2.05) is 6.92 Å². The molecule has 3 atom stereocenters. The number of hydrogen-bond donors (Lipinski definition) is 0. The van der Waals surface area contributed by atoms with Gasteiger partial charge in [-0.3, -0.25) is 4.79 Å². The minimum atomic E-state index is -0.474. The number of ketones is 1. The van der Waals surface area contributed by atoms with E-state index < -0.39 is 10.8 Å². The lowest BCUT2D eigenvalue weighted by Crippen LogP contribution is -2.68. The van der Waals surface area contributed by atoms with Crippen molar-refractivity contribution < 1.29 is 4.79 Å². The lowest BCUT2D eigenvalue weighted by molar-refractivity contribution is -0.197. The summed E-state index contributed by atoms with van der Waals surface area (Å²) < 4.78 is 0. The van der Waals surface area contributed by atoms with E-state index in [4.69, 9.17) is 0 Å². The molecule has 0 aromatic heterocycles. The first-order chi connectivity index (χ1) is 8.00. The third kappa shape index (κ3) is 1.37. The molecule has 2 aliphatic carbocycles. The topological polar surface area (TPSA) is 40.9 Å². The zero-order valence-corrected chi connectivity index (χ0v) is 12.6. The molecule has 0 spiro atoms. The second-order valence-corrected chi connectivity index (χ2v) is 8.34. The Labute approximate surface area is 111 Å². The Morgan fingerprint density at radius 2 is 1.78 bits per heavy atom. The number of carbonyl (C=O) groups is 1. The first kappa shape index (κ1) is 13.6. The molecular weight excluding hydrogens is 222 g/mol. The van der Waals surface area contributed by atoms with E-state index in [0.29, 0.717) is 18.1 Å². The zero-order chi connectivity index (χ0) is 14.0. The van der Waals surface area contributed by atoms with Gasteiger partial charge >= 0.3 is 0 Å². The first-order valence-corrected chi connectivity index (χ1v) is 6.95. The van der Waals surface area contributed by atoms with Gasteiger partial charge in [-0.05, 0) is 29.6 Å². The van der Waals surface area contributed by atoms with Gasteiger partial charge in [-0.2, -0.15) is 5.26 Å². The lowest BCUT2D eigenvalue weighted by Gasteiger charge is -2.67. The maximum atomic E-state index is 12.7. The maximum absolute atomic E-state index is 12.7. The number of nitriles is 1. The van der Waals surface area contributed by atoms with Crippen molar-refractivity contribution in [1.29, 1.82) is 5.26 Å². The Bertz CT molecular complexity index is 437. The van der Waals surface area contributed by atoms with E-state index in [9.17, 15) is 10.1 Å². The lowest BCUT2D eigenvalue weighted by atomic mass is 9.33. The summed E-state index contributed by atoms with van der Waals surface area (Å²) in [6.45, 7) is 12.7. The number of nitrogens with zero attached hydrogens (tertiary/aromatic N) is 1. The van der Waals surface area contributed by atoms with Crippen molar-refractivity contribution in [2.45, 2.75) is 60.8 Å². The normalized spacial score (nSPS) is 42.7. The van der Waals surface area contributed by atoms with Crippen LogP contribution < -0.4 is 0 Å². The summed E-state index contributed by atoms with van der Waals surface area (Å²) in [7, 11) is 0. The van der Waals surface area contributed by atoms with Crippen LogP contribution in [-0.2, 0) is 4.79 Å². The molecule has 2 fully saturated rings. The predicted octanol–water partition coefficient (Wildman–Crippen LogP) is 3.96. The third-order valence-corrected chi connectivity index (χ3v) is 5.74. The quantitative estimate of drug-likeness (QED) is 0.650. The molecule has 2 rings (SSSR count). The second-order valence-electron chi connectivity index (χ2n) is 8.34.